The molecule has 2 aromatic heterocycles. The van der Waals surface area contributed by atoms with E-state index in [-0.39, 0.29) is 16.2 Å². The number of fused-ring (bicyclic) bond motifs is 1. The Balaban J connectivity index is 1.58. The molecule has 2 atom stereocenters. The summed E-state index contributed by atoms with van der Waals surface area (Å²) in [5, 5.41) is 9.82. The normalized spacial score (nSPS) is 20.2. The van der Waals surface area contributed by atoms with Gasteiger partial charge in [-0.1, -0.05) is 36.2 Å². The number of hydrogen-bond donors (Lipinski definition) is 1. The molecule has 10 heteroatoms. The van der Waals surface area contributed by atoms with Crippen molar-refractivity contribution in [3.8, 4) is 0 Å². The summed E-state index contributed by atoms with van der Waals surface area (Å²) < 4.78 is 30.5. The Labute approximate surface area is 179 Å². The molecule has 0 bridgehead atoms. The molecule has 0 aliphatic heterocycles. The molecular formula is C19H22ClN5O2S2. The Morgan fingerprint density at radius 2 is 1.86 bits per heavy atom. The van der Waals surface area contributed by atoms with Gasteiger partial charge in [-0.25, -0.2) is 18.1 Å². The number of sulfonamides is 1. The lowest BCUT2D eigenvalue weighted by atomic mass is 9.96. The van der Waals surface area contributed by atoms with Gasteiger partial charge in [-0.2, -0.15) is 0 Å². The van der Waals surface area contributed by atoms with Gasteiger partial charge in [0, 0.05) is 27.7 Å². The van der Waals surface area contributed by atoms with Crippen LogP contribution in [-0.2, 0) is 10.0 Å². The van der Waals surface area contributed by atoms with Gasteiger partial charge in [-0.3, -0.25) is 4.40 Å². The van der Waals surface area contributed by atoms with Crippen molar-refractivity contribution in [2.75, 3.05) is 0 Å². The first-order chi connectivity index (χ1) is 13.8. The number of nitrogens with one attached hydrogen (secondary N) is 1. The van der Waals surface area contributed by atoms with Crippen LogP contribution in [0, 0.1) is 13.8 Å². The maximum Gasteiger partial charge on any atom is 0.256 e. The van der Waals surface area contributed by atoms with Crippen LogP contribution in [0.25, 0.3) is 5.78 Å². The third-order valence-corrected chi connectivity index (χ3v) is 8.15. The van der Waals surface area contributed by atoms with E-state index in [0.29, 0.717) is 10.8 Å². The van der Waals surface area contributed by atoms with E-state index in [1.165, 1.54) is 12.1 Å². The highest BCUT2D eigenvalue weighted by Crippen LogP contribution is 2.34. The molecule has 2 heterocycles. The molecule has 0 spiro atoms. The molecule has 1 N–H and O–H groups in total. The maximum absolute atomic E-state index is 12.9. The molecule has 29 heavy (non-hydrogen) atoms. The van der Waals surface area contributed by atoms with Crippen LogP contribution >= 0.6 is 23.4 Å². The number of aromatic nitrogens is 4. The predicted octanol–water partition coefficient (Wildman–Crippen LogP) is 3.78. The third kappa shape index (κ3) is 4.42. The van der Waals surface area contributed by atoms with Crippen LogP contribution in [0.5, 0.6) is 0 Å². The smallest absolute Gasteiger partial charge is 0.256 e. The first-order valence-electron chi connectivity index (χ1n) is 9.47. The van der Waals surface area contributed by atoms with E-state index < -0.39 is 10.0 Å². The van der Waals surface area contributed by atoms with Crippen LogP contribution in [0.15, 0.2) is 40.4 Å². The zero-order valence-corrected chi connectivity index (χ0v) is 18.6. The molecule has 0 saturated heterocycles. The summed E-state index contributed by atoms with van der Waals surface area (Å²) in [5.41, 5.74) is 1.90. The van der Waals surface area contributed by atoms with Crippen molar-refractivity contribution < 1.29 is 8.42 Å². The van der Waals surface area contributed by atoms with Gasteiger partial charge in [-0.15, -0.1) is 10.2 Å². The van der Waals surface area contributed by atoms with Gasteiger partial charge in [0.1, 0.15) is 0 Å². The summed E-state index contributed by atoms with van der Waals surface area (Å²) in [6.07, 6.45) is 3.75. The number of rotatable bonds is 5. The minimum absolute atomic E-state index is 0.0685. The third-order valence-electron chi connectivity index (χ3n) is 5.05. The van der Waals surface area contributed by atoms with Gasteiger partial charge in [-0.05, 0) is 57.0 Å². The highest BCUT2D eigenvalue weighted by molar-refractivity contribution is 7.99. The molecule has 0 amide bonds. The lowest BCUT2D eigenvalue weighted by Crippen LogP contribution is -2.43. The number of aryl methyl sites for hydroxylation is 2. The van der Waals surface area contributed by atoms with Crippen LogP contribution in [0.3, 0.4) is 0 Å². The molecule has 0 unspecified atom stereocenters. The number of nitrogens with zero attached hydrogens (tertiary/aromatic N) is 4. The highest BCUT2D eigenvalue weighted by atomic mass is 35.5. The maximum atomic E-state index is 12.9. The van der Waals surface area contributed by atoms with E-state index in [1.807, 2.05) is 24.3 Å². The Kier molecular flexibility index (Phi) is 5.83. The second kappa shape index (κ2) is 8.22. The van der Waals surface area contributed by atoms with E-state index in [2.05, 4.69) is 19.9 Å². The van der Waals surface area contributed by atoms with Crippen molar-refractivity contribution >= 4 is 39.2 Å². The van der Waals surface area contributed by atoms with Gasteiger partial charge < -0.3 is 0 Å². The summed E-state index contributed by atoms with van der Waals surface area (Å²) in [6, 6.07) is 8.03. The fourth-order valence-corrected chi connectivity index (χ4v) is 6.53. The second-order valence-electron chi connectivity index (χ2n) is 7.28. The Bertz CT molecular complexity index is 1130. The Hall–Kier alpha value is -1.68. The van der Waals surface area contributed by atoms with E-state index in [0.717, 1.165) is 42.2 Å². The molecule has 1 aliphatic rings. The van der Waals surface area contributed by atoms with Gasteiger partial charge in [0.2, 0.25) is 10.0 Å². The first-order valence-corrected chi connectivity index (χ1v) is 12.2. The van der Waals surface area contributed by atoms with E-state index in [4.69, 9.17) is 11.6 Å². The topological polar surface area (TPSA) is 89.2 Å². The number of thioether (sulfide) groups is 1. The van der Waals surface area contributed by atoms with E-state index in [9.17, 15) is 8.42 Å². The van der Waals surface area contributed by atoms with Crippen LogP contribution in [0.2, 0.25) is 5.02 Å². The average Bonchev–Trinajstić information content (AvgIpc) is 3.06. The van der Waals surface area contributed by atoms with Gasteiger partial charge in [0.05, 0.1) is 4.90 Å². The molecule has 1 fully saturated rings. The van der Waals surface area contributed by atoms with Crippen LogP contribution in [0.1, 0.15) is 37.1 Å². The standard InChI is InChI=1S/C19H22ClN5O2S2/c1-12-11-13(2)25-18(21-12)22-23-19(25)28-17-6-4-3-5-16(17)24-29(26,27)15-9-7-14(20)8-10-15/h7-11,16-17,24H,3-6H2,1-2H3/t16-,17-/m1/s1. The Morgan fingerprint density at radius 3 is 2.62 bits per heavy atom. The summed E-state index contributed by atoms with van der Waals surface area (Å²) in [7, 11) is -3.62. The average molecular weight is 452 g/mol. The number of halogens is 1. The molecule has 0 radical (unpaired) electrons. The van der Waals surface area contributed by atoms with Crippen LogP contribution in [0.4, 0.5) is 0 Å². The van der Waals surface area contributed by atoms with Crippen LogP contribution in [-0.4, -0.2) is 39.3 Å². The van der Waals surface area contributed by atoms with E-state index >= 15 is 0 Å². The molecule has 154 valence electrons. The molecule has 7 nitrogen and oxygen atoms in total. The van der Waals surface area contributed by atoms with Crippen molar-refractivity contribution in [1.82, 2.24) is 24.3 Å². The summed E-state index contributed by atoms with van der Waals surface area (Å²) in [5.74, 6) is 0.569. The quantitative estimate of drug-likeness (QED) is 0.635. The van der Waals surface area contributed by atoms with Crippen molar-refractivity contribution in [1.29, 1.82) is 0 Å². The molecule has 1 aliphatic carbocycles. The highest BCUT2D eigenvalue weighted by Gasteiger charge is 2.31. The van der Waals surface area contributed by atoms with Crippen molar-refractivity contribution in [2.45, 2.75) is 60.9 Å². The van der Waals surface area contributed by atoms with Crippen LogP contribution < -0.4 is 4.72 Å². The minimum atomic E-state index is -3.62. The number of benzene rings is 1. The monoisotopic (exact) mass is 451 g/mol. The van der Waals surface area contributed by atoms with Gasteiger partial charge in [0.25, 0.3) is 5.78 Å². The lowest BCUT2D eigenvalue weighted by molar-refractivity contribution is 0.422. The summed E-state index contributed by atoms with van der Waals surface area (Å²) in [4.78, 5) is 4.65. The van der Waals surface area contributed by atoms with Crippen molar-refractivity contribution in [2.24, 2.45) is 0 Å². The zero-order valence-electron chi connectivity index (χ0n) is 16.2. The van der Waals surface area contributed by atoms with Crippen molar-refractivity contribution in [3.63, 3.8) is 0 Å². The second-order valence-corrected chi connectivity index (χ2v) is 10.6. The molecule has 1 saturated carbocycles. The molecule has 1 aromatic carbocycles. The van der Waals surface area contributed by atoms with E-state index in [1.54, 1.807) is 23.9 Å². The molecule has 3 aromatic rings. The number of hydrogen-bond acceptors (Lipinski definition) is 6. The lowest BCUT2D eigenvalue weighted by Gasteiger charge is -2.31. The zero-order chi connectivity index (χ0) is 20.6. The fourth-order valence-electron chi connectivity index (χ4n) is 3.67. The largest absolute Gasteiger partial charge is 0.259 e. The fraction of sp³-hybridized carbons (Fsp3) is 0.421. The SMILES string of the molecule is Cc1cc(C)n2c(S[C@@H]3CCCC[C@H]3NS(=O)(=O)c3ccc(Cl)cc3)nnc2n1. The predicted molar refractivity (Wildman–Crippen MR) is 114 cm³/mol. The molecule has 4 rings (SSSR count). The minimum Gasteiger partial charge on any atom is -0.259 e. The van der Waals surface area contributed by atoms with Gasteiger partial charge >= 0.3 is 0 Å². The summed E-state index contributed by atoms with van der Waals surface area (Å²) in [6.45, 7) is 3.92. The van der Waals surface area contributed by atoms with Crippen molar-refractivity contribution in [3.05, 3.63) is 46.7 Å². The molecular weight excluding hydrogens is 430 g/mol. The van der Waals surface area contributed by atoms with Gasteiger partial charge in [0.15, 0.2) is 5.16 Å². The Morgan fingerprint density at radius 1 is 1.14 bits per heavy atom. The summed E-state index contributed by atoms with van der Waals surface area (Å²) >= 11 is 7.46. The first kappa shape index (κ1) is 20.6.